The number of nitrogens with one attached hydrogen (secondary N) is 1. The molecule has 0 spiro atoms. The van der Waals surface area contributed by atoms with Crippen molar-refractivity contribution < 1.29 is 8.78 Å². The van der Waals surface area contributed by atoms with E-state index in [1.54, 1.807) is 25.2 Å². The van der Waals surface area contributed by atoms with Gasteiger partial charge in [0.15, 0.2) is 0 Å². The van der Waals surface area contributed by atoms with Crippen molar-refractivity contribution in [3.8, 4) is 0 Å². The zero-order chi connectivity index (χ0) is 14.7. The van der Waals surface area contributed by atoms with E-state index in [-0.39, 0.29) is 12.5 Å². The highest BCUT2D eigenvalue weighted by Crippen LogP contribution is 2.29. The number of rotatable bonds is 4. The molecule has 5 heteroatoms. The summed E-state index contributed by atoms with van der Waals surface area (Å²) in [4.78, 5) is 0. The molecule has 0 aliphatic rings. The van der Waals surface area contributed by atoms with Crippen LogP contribution in [0.1, 0.15) is 17.2 Å². The minimum absolute atomic E-state index is 0.252. The predicted molar refractivity (Wildman–Crippen MR) is 78.3 cm³/mol. The van der Waals surface area contributed by atoms with Gasteiger partial charge in [0.05, 0.1) is 0 Å². The van der Waals surface area contributed by atoms with Gasteiger partial charge in [-0.3, -0.25) is 0 Å². The Balaban J connectivity index is 2.33. The summed E-state index contributed by atoms with van der Waals surface area (Å²) in [6.07, 6.45) is 0.278. The predicted octanol–water partition coefficient (Wildman–Crippen LogP) is 4.77. The van der Waals surface area contributed by atoms with Crippen molar-refractivity contribution >= 4 is 23.2 Å². The zero-order valence-electron chi connectivity index (χ0n) is 10.8. The topological polar surface area (TPSA) is 12.0 Å². The first kappa shape index (κ1) is 15.2. The standard InChI is InChI=1S/C15H13Cl2F2N/c1-20-15(12-8-10(16)2-4-13(12)17)7-9-6-11(18)3-5-14(9)19/h2-6,8,15,20H,7H2,1H3. The smallest absolute Gasteiger partial charge is 0.126 e. The molecule has 0 fully saturated rings. The minimum atomic E-state index is -0.464. The number of benzene rings is 2. The van der Waals surface area contributed by atoms with Gasteiger partial charge in [0.1, 0.15) is 11.6 Å². The Morgan fingerprint density at radius 2 is 1.85 bits per heavy atom. The maximum Gasteiger partial charge on any atom is 0.126 e. The summed E-state index contributed by atoms with van der Waals surface area (Å²) >= 11 is 12.1. The van der Waals surface area contributed by atoms with Crippen LogP contribution in [0.3, 0.4) is 0 Å². The van der Waals surface area contributed by atoms with Crippen LogP contribution in [0.5, 0.6) is 0 Å². The van der Waals surface area contributed by atoms with Crippen LogP contribution in [0.2, 0.25) is 10.0 Å². The quantitative estimate of drug-likeness (QED) is 0.856. The highest BCUT2D eigenvalue weighted by molar-refractivity contribution is 6.33. The van der Waals surface area contributed by atoms with Crippen molar-refractivity contribution in [2.45, 2.75) is 12.5 Å². The molecule has 2 aromatic carbocycles. The normalized spacial score (nSPS) is 12.4. The summed E-state index contributed by atoms with van der Waals surface area (Å²) in [6, 6.07) is 8.25. The fraction of sp³-hybridized carbons (Fsp3) is 0.200. The first-order chi connectivity index (χ1) is 9.51. The molecule has 1 unspecified atom stereocenters. The summed E-state index contributed by atoms with van der Waals surface area (Å²) in [5.74, 6) is -0.904. The lowest BCUT2D eigenvalue weighted by atomic mass is 9.98. The van der Waals surface area contributed by atoms with Gasteiger partial charge in [-0.1, -0.05) is 23.2 Å². The van der Waals surface area contributed by atoms with E-state index in [9.17, 15) is 8.78 Å². The molecular formula is C15H13Cl2F2N. The number of hydrogen-bond donors (Lipinski definition) is 1. The molecule has 2 rings (SSSR count). The van der Waals surface area contributed by atoms with E-state index in [0.717, 1.165) is 17.7 Å². The fourth-order valence-electron chi connectivity index (χ4n) is 2.07. The van der Waals surface area contributed by atoms with E-state index in [0.29, 0.717) is 15.6 Å². The molecule has 106 valence electrons. The third-order valence-corrected chi connectivity index (χ3v) is 3.69. The third kappa shape index (κ3) is 3.48. The molecule has 20 heavy (non-hydrogen) atoms. The second-order valence-corrected chi connectivity index (χ2v) is 5.29. The van der Waals surface area contributed by atoms with Crippen LogP contribution in [0.4, 0.5) is 8.78 Å². The minimum Gasteiger partial charge on any atom is -0.313 e. The molecule has 0 bridgehead atoms. The van der Waals surface area contributed by atoms with Crippen LogP contribution in [-0.2, 0) is 6.42 Å². The van der Waals surface area contributed by atoms with Crippen molar-refractivity contribution in [2.75, 3.05) is 7.05 Å². The van der Waals surface area contributed by atoms with E-state index in [4.69, 9.17) is 23.2 Å². The molecule has 0 heterocycles. The average Bonchev–Trinajstić information content (AvgIpc) is 2.42. The van der Waals surface area contributed by atoms with E-state index >= 15 is 0 Å². The third-order valence-electron chi connectivity index (χ3n) is 3.11. The molecule has 2 aromatic rings. The molecule has 0 aromatic heterocycles. The summed E-state index contributed by atoms with van der Waals surface area (Å²) in [6.45, 7) is 0. The van der Waals surface area contributed by atoms with Crippen LogP contribution in [0.25, 0.3) is 0 Å². The van der Waals surface area contributed by atoms with Crippen LogP contribution in [-0.4, -0.2) is 7.05 Å². The van der Waals surface area contributed by atoms with E-state index in [2.05, 4.69) is 5.32 Å². The first-order valence-corrected chi connectivity index (χ1v) is 6.83. The lowest BCUT2D eigenvalue weighted by molar-refractivity contribution is 0.544. The van der Waals surface area contributed by atoms with Crippen LogP contribution >= 0.6 is 23.2 Å². The number of halogens is 4. The van der Waals surface area contributed by atoms with Gasteiger partial charge in [0.25, 0.3) is 0 Å². The van der Waals surface area contributed by atoms with Crippen molar-refractivity contribution in [3.05, 3.63) is 69.2 Å². The number of hydrogen-bond acceptors (Lipinski definition) is 1. The van der Waals surface area contributed by atoms with Gasteiger partial charge in [0, 0.05) is 16.1 Å². The van der Waals surface area contributed by atoms with Gasteiger partial charge >= 0.3 is 0 Å². The van der Waals surface area contributed by atoms with Gasteiger partial charge in [0.2, 0.25) is 0 Å². The summed E-state index contributed by atoms with van der Waals surface area (Å²) < 4.78 is 26.9. The molecule has 1 N–H and O–H groups in total. The average molecular weight is 316 g/mol. The molecule has 0 radical (unpaired) electrons. The van der Waals surface area contributed by atoms with Crippen molar-refractivity contribution in [1.29, 1.82) is 0 Å². The van der Waals surface area contributed by atoms with Gasteiger partial charge in [-0.2, -0.15) is 0 Å². The zero-order valence-corrected chi connectivity index (χ0v) is 12.3. The monoisotopic (exact) mass is 315 g/mol. The Labute approximate surface area is 126 Å². The molecule has 0 amide bonds. The first-order valence-electron chi connectivity index (χ1n) is 6.07. The Morgan fingerprint density at radius 3 is 2.55 bits per heavy atom. The summed E-state index contributed by atoms with van der Waals surface area (Å²) in [5, 5.41) is 4.13. The van der Waals surface area contributed by atoms with Gasteiger partial charge < -0.3 is 5.32 Å². The molecule has 0 aliphatic carbocycles. The SMILES string of the molecule is CNC(Cc1cc(F)ccc1F)c1cc(Cl)ccc1Cl. The lowest BCUT2D eigenvalue weighted by Crippen LogP contribution is -2.20. The molecule has 0 aliphatic heterocycles. The van der Waals surface area contributed by atoms with Crippen LogP contribution in [0.15, 0.2) is 36.4 Å². The van der Waals surface area contributed by atoms with Gasteiger partial charge in [-0.15, -0.1) is 0 Å². The Bertz CT molecular complexity index is 617. The van der Waals surface area contributed by atoms with Crippen LogP contribution in [0, 0.1) is 11.6 Å². The molecule has 0 saturated carbocycles. The fourth-order valence-corrected chi connectivity index (χ4v) is 2.50. The van der Waals surface area contributed by atoms with E-state index in [1.165, 1.54) is 6.07 Å². The van der Waals surface area contributed by atoms with E-state index < -0.39 is 11.6 Å². The summed E-state index contributed by atoms with van der Waals surface area (Å²) in [7, 11) is 1.74. The summed E-state index contributed by atoms with van der Waals surface area (Å²) in [5.41, 5.74) is 1.05. The maximum absolute atomic E-state index is 13.7. The molecule has 0 saturated heterocycles. The van der Waals surface area contributed by atoms with Crippen LogP contribution < -0.4 is 5.32 Å². The second kappa shape index (κ2) is 6.53. The van der Waals surface area contributed by atoms with Gasteiger partial charge in [-0.25, -0.2) is 8.78 Å². The Hall–Kier alpha value is -1.16. The second-order valence-electron chi connectivity index (χ2n) is 4.45. The largest absolute Gasteiger partial charge is 0.313 e. The van der Waals surface area contributed by atoms with Gasteiger partial charge in [-0.05, 0) is 61.0 Å². The molecular weight excluding hydrogens is 303 g/mol. The highest BCUT2D eigenvalue weighted by atomic mass is 35.5. The Kier molecular flexibility index (Phi) is 4.97. The Morgan fingerprint density at radius 1 is 1.10 bits per heavy atom. The highest BCUT2D eigenvalue weighted by Gasteiger charge is 2.16. The van der Waals surface area contributed by atoms with Crippen molar-refractivity contribution in [3.63, 3.8) is 0 Å². The van der Waals surface area contributed by atoms with Crippen molar-refractivity contribution in [1.82, 2.24) is 5.32 Å². The maximum atomic E-state index is 13.7. The lowest BCUT2D eigenvalue weighted by Gasteiger charge is -2.19. The van der Waals surface area contributed by atoms with Crippen molar-refractivity contribution in [2.24, 2.45) is 0 Å². The number of likely N-dealkylation sites (N-methyl/N-ethyl adjacent to an activating group) is 1. The van der Waals surface area contributed by atoms with E-state index in [1.807, 2.05) is 0 Å². The molecule has 1 atom stereocenters. The molecule has 1 nitrogen and oxygen atoms in total.